The Kier molecular flexibility index (Phi) is 4.54. The minimum Gasteiger partial charge on any atom is -0.310 e. The van der Waals surface area contributed by atoms with Crippen LogP contribution in [0.2, 0.25) is 0 Å². The Morgan fingerprint density at radius 3 is 2.95 bits per heavy atom. The summed E-state index contributed by atoms with van der Waals surface area (Å²) in [7, 11) is 0. The lowest BCUT2D eigenvalue weighted by atomic mass is 9.88. The number of hydrogen-bond acceptors (Lipinski definition) is 2. The van der Waals surface area contributed by atoms with Crippen LogP contribution in [0.4, 0.5) is 0 Å². The molecule has 1 fully saturated rings. The maximum Gasteiger partial charge on any atom is 0.0355 e. The summed E-state index contributed by atoms with van der Waals surface area (Å²) in [6, 6.07) is 9.27. The lowest BCUT2D eigenvalue weighted by Gasteiger charge is -2.26. The van der Waals surface area contributed by atoms with Gasteiger partial charge in [0.15, 0.2) is 0 Å². The molecule has 2 aromatic rings. The third kappa shape index (κ3) is 3.11. The van der Waals surface area contributed by atoms with Gasteiger partial charge in [-0.1, -0.05) is 38.5 Å². The van der Waals surface area contributed by atoms with Crippen LogP contribution >= 0.6 is 0 Å². The third-order valence-corrected chi connectivity index (χ3v) is 4.87. The van der Waals surface area contributed by atoms with Crippen LogP contribution in [0.25, 0.3) is 10.8 Å². The number of pyridine rings is 1. The van der Waals surface area contributed by atoms with Crippen LogP contribution in [-0.4, -0.2) is 11.5 Å². The number of fused-ring (bicyclic) bond motifs is 1. The maximum atomic E-state index is 4.35. The van der Waals surface area contributed by atoms with Gasteiger partial charge >= 0.3 is 0 Å². The first-order chi connectivity index (χ1) is 10.3. The quantitative estimate of drug-likeness (QED) is 0.859. The first-order valence-electron chi connectivity index (χ1n) is 8.35. The summed E-state index contributed by atoms with van der Waals surface area (Å²) in [5, 5.41) is 6.43. The van der Waals surface area contributed by atoms with Crippen LogP contribution in [-0.2, 0) is 0 Å². The zero-order valence-electron chi connectivity index (χ0n) is 13.2. The molecule has 21 heavy (non-hydrogen) atoms. The first-order valence-corrected chi connectivity index (χ1v) is 8.35. The van der Waals surface area contributed by atoms with Gasteiger partial charge in [0, 0.05) is 23.8 Å². The van der Waals surface area contributed by atoms with Crippen molar-refractivity contribution in [2.45, 2.75) is 45.6 Å². The Morgan fingerprint density at radius 1 is 1.29 bits per heavy atom. The van der Waals surface area contributed by atoms with E-state index in [0.29, 0.717) is 6.04 Å². The Labute approximate surface area is 128 Å². The summed E-state index contributed by atoms with van der Waals surface area (Å²) in [6.45, 7) is 5.72. The molecule has 0 saturated heterocycles. The van der Waals surface area contributed by atoms with Crippen LogP contribution in [0.5, 0.6) is 0 Å². The average Bonchev–Trinajstić information content (AvgIpc) is 2.94. The number of aromatic nitrogens is 1. The van der Waals surface area contributed by atoms with Crippen molar-refractivity contribution in [1.82, 2.24) is 10.3 Å². The summed E-state index contributed by atoms with van der Waals surface area (Å²) in [4.78, 5) is 4.35. The summed E-state index contributed by atoms with van der Waals surface area (Å²) < 4.78 is 0. The lowest BCUT2D eigenvalue weighted by molar-refractivity contribution is 0.361. The minimum atomic E-state index is 0.475. The van der Waals surface area contributed by atoms with Crippen LogP contribution in [0, 0.1) is 11.8 Å². The Morgan fingerprint density at radius 2 is 2.19 bits per heavy atom. The summed E-state index contributed by atoms with van der Waals surface area (Å²) >= 11 is 0. The molecule has 1 N–H and O–H groups in total. The van der Waals surface area contributed by atoms with E-state index in [1.165, 1.54) is 42.0 Å². The molecule has 1 aliphatic carbocycles. The zero-order valence-corrected chi connectivity index (χ0v) is 13.2. The fraction of sp³-hybridized carbons (Fsp3) is 0.526. The number of hydrogen-bond donors (Lipinski definition) is 1. The fourth-order valence-electron chi connectivity index (χ4n) is 3.79. The highest BCUT2D eigenvalue weighted by atomic mass is 14.9. The van der Waals surface area contributed by atoms with Gasteiger partial charge in [-0.2, -0.15) is 0 Å². The highest BCUT2D eigenvalue weighted by molar-refractivity contribution is 5.85. The van der Waals surface area contributed by atoms with Gasteiger partial charge in [0.25, 0.3) is 0 Å². The molecule has 1 saturated carbocycles. The van der Waals surface area contributed by atoms with Crippen molar-refractivity contribution in [3.8, 4) is 0 Å². The largest absolute Gasteiger partial charge is 0.310 e. The van der Waals surface area contributed by atoms with E-state index < -0.39 is 0 Å². The van der Waals surface area contributed by atoms with E-state index in [1.807, 2.05) is 12.4 Å². The van der Waals surface area contributed by atoms with Gasteiger partial charge in [-0.3, -0.25) is 4.98 Å². The predicted octanol–water partition coefficient (Wildman–Crippen LogP) is 4.71. The molecule has 3 atom stereocenters. The number of rotatable bonds is 5. The van der Waals surface area contributed by atoms with E-state index in [0.717, 1.165) is 18.4 Å². The van der Waals surface area contributed by atoms with Gasteiger partial charge in [-0.25, -0.2) is 0 Å². The van der Waals surface area contributed by atoms with Crippen molar-refractivity contribution in [3.05, 3.63) is 42.2 Å². The number of nitrogens with zero attached hydrogens (tertiary/aromatic N) is 1. The number of benzene rings is 1. The molecule has 0 amide bonds. The molecular weight excluding hydrogens is 256 g/mol. The van der Waals surface area contributed by atoms with Crippen LogP contribution in [0.3, 0.4) is 0 Å². The van der Waals surface area contributed by atoms with Crippen molar-refractivity contribution in [3.63, 3.8) is 0 Å². The minimum absolute atomic E-state index is 0.475. The van der Waals surface area contributed by atoms with Gasteiger partial charge in [0.2, 0.25) is 0 Å². The molecule has 0 spiro atoms. The van der Waals surface area contributed by atoms with Crippen LogP contribution < -0.4 is 5.32 Å². The molecule has 1 aromatic heterocycles. The van der Waals surface area contributed by atoms with Gasteiger partial charge < -0.3 is 5.32 Å². The number of nitrogens with one attached hydrogen (secondary N) is 1. The molecule has 3 unspecified atom stereocenters. The summed E-state index contributed by atoms with van der Waals surface area (Å²) in [5.41, 5.74) is 1.44. The molecule has 1 aromatic carbocycles. The van der Waals surface area contributed by atoms with Crippen molar-refractivity contribution < 1.29 is 0 Å². The summed E-state index contributed by atoms with van der Waals surface area (Å²) in [5.74, 6) is 1.63. The van der Waals surface area contributed by atoms with Crippen LogP contribution in [0.1, 0.15) is 51.1 Å². The molecule has 2 nitrogen and oxygen atoms in total. The maximum absolute atomic E-state index is 4.35. The van der Waals surface area contributed by atoms with Gasteiger partial charge in [0.1, 0.15) is 0 Å². The second kappa shape index (κ2) is 6.57. The molecule has 2 heteroatoms. The van der Waals surface area contributed by atoms with Crippen molar-refractivity contribution in [1.29, 1.82) is 0 Å². The Bertz CT molecular complexity index is 588. The second-order valence-electron chi connectivity index (χ2n) is 6.55. The van der Waals surface area contributed by atoms with Gasteiger partial charge in [-0.05, 0) is 54.7 Å². The highest BCUT2D eigenvalue weighted by Gasteiger charge is 2.30. The molecule has 0 aliphatic heterocycles. The molecule has 0 radical (unpaired) electrons. The highest BCUT2D eigenvalue weighted by Crippen LogP contribution is 2.40. The molecular formula is C19H26N2. The second-order valence-corrected chi connectivity index (χ2v) is 6.55. The lowest BCUT2D eigenvalue weighted by Crippen LogP contribution is -2.28. The molecule has 1 aliphatic rings. The van der Waals surface area contributed by atoms with E-state index in [4.69, 9.17) is 0 Å². The monoisotopic (exact) mass is 282 g/mol. The molecule has 0 bridgehead atoms. The molecule has 3 rings (SSSR count). The zero-order chi connectivity index (χ0) is 14.7. The first kappa shape index (κ1) is 14.5. The van der Waals surface area contributed by atoms with Crippen molar-refractivity contribution >= 4 is 10.8 Å². The van der Waals surface area contributed by atoms with Crippen molar-refractivity contribution in [2.24, 2.45) is 11.8 Å². The normalized spacial score (nSPS) is 23.5. The average molecular weight is 282 g/mol. The van der Waals surface area contributed by atoms with E-state index in [1.54, 1.807) is 0 Å². The Hall–Kier alpha value is -1.41. The van der Waals surface area contributed by atoms with E-state index in [-0.39, 0.29) is 0 Å². The smallest absolute Gasteiger partial charge is 0.0355 e. The predicted molar refractivity (Wildman–Crippen MR) is 89.3 cm³/mol. The Balaban J connectivity index is 1.97. The molecule has 1 heterocycles. The van der Waals surface area contributed by atoms with E-state index >= 15 is 0 Å². The fourth-order valence-corrected chi connectivity index (χ4v) is 3.79. The van der Waals surface area contributed by atoms with Crippen LogP contribution in [0.15, 0.2) is 36.7 Å². The molecule has 112 valence electrons. The standard InChI is InChI=1S/C19H26N2/c1-3-10-21-19(16-8-7-14(2)12-16)17-6-4-5-15-9-11-20-13-18(15)17/h4-6,9,11,13-14,16,19,21H,3,7-8,10,12H2,1-2H3. The third-order valence-electron chi connectivity index (χ3n) is 4.87. The van der Waals surface area contributed by atoms with Gasteiger partial charge in [0.05, 0.1) is 0 Å². The SMILES string of the molecule is CCCNC(c1cccc2ccncc12)C1CCC(C)C1. The van der Waals surface area contributed by atoms with E-state index in [2.05, 4.69) is 48.4 Å². The van der Waals surface area contributed by atoms with Crippen molar-refractivity contribution in [2.75, 3.05) is 6.54 Å². The topological polar surface area (TPSA) is 24.9 Å². The van der Waals surface area contributed by atoms with E-state index in [9.17, 15) is 0 Å². The summed E-state index contributed by atoms with van der Waals surface area (Å²) in [6.07, 6.45) is 9.17. The van der Waals surface area contributed by atoms with Gasteiger partial charge in [-0.15, -0.1) is 0 Å².